The summed E-state index contributed by atoms with van der Waals surface area (Å²) < 4.78 is 2.03. The number of aromatic nitrogens is 3. The van der Waals surface area contributed by atoms with Gasteiger partial charge in [-0.3, -0.25) is 0 Å². The van der Waals surface area contributed by atoms with E-state index in [1.807, 2.05) is 18.5 Å². The second-order valence-corrected chi connectivity index (χ2v) is 6.50. The van der Waals surface area contributed by atoms with E-state index in [0.29, 0.717) is 5.25 Å². The first-order chi connectivity index (χ1) is 7.42. The summed E-state index contributed by atoms with van der Waals surface area (Å²) in [6, 6.07) is 0.245. The summed E-state index contributed by atoms with van der Waals surface area (Å²) in [4.78, 5) is 0. The second kappa shape index (κ2) is 4.04. The number of nitrogens with zero attached hydrogens (tertiary/aromatic N) is 3. The van der Waals surface area contributed by atoms with Gasteiger partial charge in [0.15, 0.2) is 5.16 Å². The molecule has 4 nitrogen and oxygen atoms in total. The number of nitrogens with two attached hydrogens (primary N) is 1. The van der Waals surface area contributed by atoms with Gasteiger partial charge >= 0.3 is 0 Å². The summed E-state index contributed by atoms with van der Waals surface area (Å²) in [5.41, 5.74) is 6.54. The molecule has 1 aromatic heterocycles. The zero-order valence-corrected chi connectivity index (χ0v) is 11.2. The van der Waals surface area contributed by atoms with Crippen molar-refractivity contribution in [3.8, 4) is 0 Å². The number of hydrogen-bond acceptors (Lipinski definition) is 4. The van der Waals surface area contributed by atoms with Crippen molar-refractivity contribution in [3.63, 3.8) is 0 Å². The van der Waals surface area contributed by atoms with E-state index in [0.717, 1.165) is 11.0 Å². The Labute approximate surface area is 101 Å². The van der Waals surface area contributed by atoms with Crippen molar-refractivity contribution in [1.29, 1.82) is 0 Å². The highest BCUT2D eigenvalue weighted by Gasteiger charge is 2.40. The fourth-order valence-electron chi connectivity index (χ4n) is 2.12. The van der Waals surface area contributed by atoms with Crippen molar-refractivity contribution in [1.82, 2.24) is 14.8 Å². The largest absolute Gasteiger partial charge is 0.326 e. The van der Waals surface area contributed by atoms with E-state index < -0.39 is 0 Å². The van der Waals surface area contributed by atoms with E-state index in [-0.39, 0.29) is 11.5 Å². The minimum absolute atomic E-state index is 0.245. The zero-order valence-electron chi connectivity index (χ0n) is 10.4. The molecule has 1 saturated carbocycles. The molecule has 0 aromatic carbocycles. The first-order valence-electron chi connectivity index (χ1n) is 5.70. The summed E-state index contributed by atoms with van der Waals surface area (Å²) >= 11 is 1.77. The summed E-state index contributed by atoms with van der Waals surface area (Å²) in [5.74, 6) is 0.952. The molecule has 0 bridgehead atoms. The topological polar surface area (TPSA) is 56.7 Å². The molecular formula is C11H20N4S. The van der Waals surface area contributed by atoms with E-state index in [1.54, 1.807) is 11.8 Å². The molecule has 0 saturated heterocycles. The maximum atomic E-state index is 6.28. The lowest BCUT2D eigenvalue weighted by Gasteiger charge is -2.26. The molecule has 0 spiro atoms. The number of hydrogen-bond donors (Lipinski definition) is 1. The van der Waals surface area contributed by atoms with Crippen LogP contribution in [-0.4, -0.2) is 26.1 Å². The Hall–Kier alpha value is -0.550. The Balaban J connectivity index is 2.09. The van der Waals surface area contributed by atoms with E-state index >= 15 is 0 Å². The molecule has 0 amide bonds. The van der Waals surface area contributed by atoms with E-state index in [1.165, 1.54) is 12.8 Å². The predicted octanol–water partition coefficient (Wildman–Crippen LogP) is 1.73. The van der Waals surface area contributed by atoms with Gasteiger partial charge in [-0.25, -0.2) is 0 Å². The van der Waals surface area contributed by atoms with Gasteiger partial charge in [0.2, 0.25) is 0 Å². The third-order valence-corrected chi connectivity index (χ3v) is 5.08. The minimum Gasteiger partial charge on any atom is -0.326 e. The quantitative estimate of drug-likeness (QED) is 0.855. The Bertz CT molecular complexity index is 385. The number of rotatable bonds is 2. The van der Waals surface area contributed by atoms with Crippen LogP contribution in [0, 0.1) is 12.3 Å². The highest BCUT2D eigenvalue weighted by molar-refractivity contribution is 7.99. The molecule has 1 heterocycles. The van der Waals surface area contributed by atoms with Crippen LogP contribution in [0.5, 0.6) is 0 Å². The van der Waals surface area contributed by atoms with Gasteiger partial charge in [0.25, 0.3) is 0 Å². The van der Waals surface area contributed by atoms with Crippen LogP contribution in [0.2, 0.25) is 0 Å². The normalized spacial score (nSPS) is 28.6. The van der Waals surface area contributed by atoms with Crippen molar-refractivity contribution >= 4 is 11.8 Å². The van der Waals surface area contributed by atoms with Gasteiger partial charge in [-0.1, -0.05) is 25.6 Å². The molecule has 2 rings (SSSR count). The SMILES string of the molecule is Cc1nnc(SC2CCC(C)(C)C2N)n1C. The Morgan fingerprint density at radius 3 is 2.56 bits per heavy atom. The molecule has 5 heteroatoms. The molecule has 1 aromatic rings. The molecule has 2 N–H and O–H groups in total. The van der Waals surface area contributed by atoms with E-state index in [2.05, 4.69) is 24.0 Å². The van der Waals surface area contributed by atoms with Crippen LogP contribution in [0.25, 0.3) is 0 Å². The molecule has 1 aliphatic carbocycles. The maximum absolute atomic E-state index is 6.28. The summed E-state index contributed by atoms with van der Waals surface area (Å²) in [6.45, 7) is 6.47. The predicted molar refractivity (Wildman–Crippen MR) is 66.4 cm³/mol. The molecule has 1 fully saturated rings. The van der Waals surface area contributed by atoms with Crippen LogP contribution in [-0.2, 0) is 7.05 Å². The average Bonchev–Trinajstić information content (AvgIpc) is 2.66. The smallest absolute Gasteiger partial charge is 0.191 e. The maximum Gasteiger partial charge on any atom is 0.191 e. The van der Waals surface area contributed by atoms with Crippen LogP contribution >= 0.6 is 11.8 Å². The summed E-state index contributed by atoms with van der Waals surface area (Å²) in [5, 5.41) is 9.70. The van der Waals surface area contributed by atoms with Gasteiger partial charge in [0.1, 0.15) is 5.82 Å². The van der Waals surface area contributed by atoms with Crippen LogP contribution in [0.3, 0.4) is 0 Å². The lowest BCUT2D eigenvalue weighted by molar-refractivity contribution is 0.334. The average molecular weight is 240 g/mol. The van der Waals surface area contributed by atoms with Crippen LogP contribution in [0.1, 0.15) is 32.5 Å². The van der Waals surface area contributed by atoms with Crippen molar-refractivity contribution in [2.75, 3.05) is 0 Å². The lowest BCUT2D eigenvalue weighted by Crippen LogP contribution is -2.38. The summed E-state index contributed by atoms with van der Waals surface area (Å²) in [6.07, 6.45) is 2.37. The van der Waals surface area contributed by atoms with Crippen molar-refractivity contribution in [2.45, 2.75) is 50.1 Å². The number of thioether (sulfide) groups is 1. The van der Waals surface area contributed by atoms with Gasteiger partial charge < -0.3 is 10.3 Å². The minimum atomic E-state index is 0.245. The molecular weight excluding hydrogens is 220 g/mol. The highest BCUT2D eigenvalue weighted by Crippen LogP contribution is 2.43. The Morgan fingerprint density at radius 2 is 2.12 bits per heavy atom. The second-order valence-electron chi connectivity index (χ2n) is 5.30. The molecule has 2 atom stereocenters. The first kappa shape index (κ1) is 11.9. The monoisotopic (exact) mass is 240 g/mol. The van der Waals surface area contributed by atoms with Gasteiger partial charge in [-0.15, -0.1) is 10.2 Å². The van der Waals surface area contributed by atoms with Gasteiger partial charge in [-0.2, -0.15) is 0 Å². The van der Waals surface area contributed by atoms with Gasteiger partial charge in [0.05, 0.1) is 0 Å². The van der Waals surface area contributed by atoms with Crippen LogP contribution in [0.15, 0.2) is 5.16 Å². The Kier molecular flexibility index (Phi) is 3.01. The van der Waals surface area contributed by atoms with Gasteiger partial charge in [0, 0.05) is 18.3 Å². The molecule has 2 unspecified atom stereocenters. The molecule has 0 aliphatic heterocycles. The Morgan fingerprint density at radius 1 is 1.44 bits per heavy atom. The third-order valence-electron chi connectivity index (χ3n) is 3.69. The first-order valence-corrected chi connectivity index (χ1v) is 6.58. The standard InChI is InChI=1S/C11H20N4S/c1-7-13-14-10(15(7)4)16-8-5-6-11(2,3)9(8)12/h8-9H,5-6,12H2,1-4H3. The van der Waals surface area contributed by atoms with Crippen molar-refractivity contribution in [3.05, 3.63) is 5.82 Å². The zero-order chi connectivity index (χ0) is 11.9. The fourth-order valence-corrected chi connectivity index (χ4v) is 3.52. The third kappa shape index (κ3) is 1.98. The van der Waals surface area contributed by atoms with Crippen molar-refractivity contribution in [2.24, 2.45) is 18.2 Å². The molecule has 16 heavy (non-hydrogen) atoms. The highest BCUT2D eigenvalue weighted by atomic mass is 32.2. The van der Waals surface area contributed by atoms with E-state index in [9.17, 15) is 0 Å². The summed E-state index contributed by atoms with van der Waals surface area (Å²) in [7, 11) is 2.00. The van der Waals surface area contributed by atoms with Crippen LogP contribution in [0.4, 0.5) is 0 Å². The van der Waals surface area contributed by atoms with Gasteiger partial charge in [-0.05, 0) is 25.2 Å². The molecule has 90 valence electrons. The lowest BCUT2D eigenvalue weighted by atomic mass is 9.88. The van der Waals surface area contributed by atoms with Crippen LogP contribution < -0.4 is 5.73 Å². The molecule has 0 radical (unpaired) electrons. The number of aryl methyl sites for hydroxylation is 1. The van der Waals surface area contributed by atoms with E-state index in [4.69, 9.17) is 5.73 Å². The molecule has 1 aliphatic rings. The fraction of sp³-hybridized carbons (Fsp3) is 0.818. The van der Waals surface area contributed by atoms with Crippen molar-refractivity contribution < 1.29 is 0 Å².